The molecule has 1 saturated carbocycles. The second kappa shape index (κ2) is 8.66. The lowest BCUT2D eigenvalue weighted by Crippen LogP contribution is -2.46. The van der Waals surface area contributed by atoms with Gasteiger partial charge in [-0.3, -0.25) is 4.79 Å². The Morgan fingerprint density at radius 1 is 1.26 bits per heavy atom. The second-order valence-corrected chi connectivity index (χ2v) is 7.97. The molecule has 1 unspecified atom stereocenters. The Kier molecular flexibility index (Phi) is 7.51. The molecule has 1 aromatic rings. The third kappa shape index (κ3) is 5.19. The minimum absolute atomic E-state index is 0. The molecule has 23 heavy (non-hydrogen) atoms. The monoisotopic (exact) mass is 360 g/mol. The summed E-state index contributed by atoms with van der Waals surface area (Å²) in [6.07, 6.45) is 6.80. The molecule has 0 saturated heterocycles. The fourth-order valence-corrected chi connectivity index (χ4v) is 4.02. The van der Waals surface area contributed by atoms with Gasteiger partial charge in [-0.2, -0.15) is 0 Å². The zero-order chi connectivity index (χ0) is 16.2. The predicted molar refractivity (Wildman–Crippen MR) is 93.7 cm³/mol. The highest BCUT2D eigenvalue weighted by atomic mass is 35.5. The van der Waals surface area contributed by atoms with Crippen molar-refractivity contribution in [3.63, 3.8) is 0 Å². The highest BCUT2D eigenvalue weighted by molar-refractivity contribution is 7.90. The first-order chi connectivity index (χ1) is 10.4. The topological polar surface area (TPSA) is 89.3 Å². The second-order valence-electron chi connectivity index (χ2n) is 5.98. The number of carbonyl (C=O) groups excluding carboxylic acids is 1. The Hall–Kier alpha value is -1.11. The Morgan fingerprint density at radius 3 is 2.43 bits per heavy atom. The molecule has 7 heteroatoms. The fraction of sp³-hybridized carbons (Fsp3) is 0.562. The minimum Gasteiger partial charge on any atom is -0.348 e. The van der Waals surface area contributed by atoms with E-state index >= 15 is 0 Å². The van der Waals surface area contributed by atoms with E-state index in [2.05, 4.69) is 5.32 Å². The molecule has 0 aliphatic heterocycles. The summed E-state index contributed by atoms with van der Waals surface area (Å²) in [5, 5.41) is 2.94. The van der Waals surface area contributed by atoms with Crippen LogP contribution in [0.5, 0.6) is 0 Å². The molecule has 1 atom stereocenters. The van der Waals surface area contributed by atoms with Crippen LogP contribution in [0.2, 0.25) is 0 Å². The molecule has 1 aromatic carbocycles. The smallest absolute Gasteiger partial charge is 0.252 e. The van der Waals surface area contributed by atoms with Crippen LogP contribution in [0.25, 0.3) is 0 Å². The van der Waals surface area contributed by atoms with Crippen molar-refractivity contribution in [3.8, 4) is 0 Å². The zero-order valence-electron chi connectivity index (χ0n) is 13.3. The van der Waals surface area contributed by atoms with Crippen molar-refractivity contribution < 1.29 is 13.2 Å². The van der Waals surface area contributed by atoms with E-state index in [1.54, 1.807) is 18.2 Å². The van der Waals surface area contributed by atoms with Crippen molar-refractivity contribution >= 4 is 28.2 Å². The normalized spacial score (nSPS) is 17.1. The molecule has 0 heterocycles. The number of hydrogen-bond acceptors (Lipinski definition) is 4. The van der Waals surface area contributed by atoms with Gasteiger partial charge in [0.15, 0.2) is 9.84 Å². The Balaban J connectivity index is 0.00000264. The third-order valence-electron chi connectivity index (χ3n) is 4.32. The van der Waals surface area contributed by atoms with E-state index in [0.29, 0.717) is 12.5 Å². The van der Waals surface area contributed by atoms with Gasteiger partial charge in [0.25, 0.3) is 5.91 Å². The largest absolute Gasteiger partial charge is 0.348 e. The Bertz CT molecular complexity index is 628. The van der Waals surface area contributed by atoms with E-state index in [1.165, 1.54) is 12.5 Å². The average Bonchev–Trinajstić information content (AvgIpc) is 2.52. The summed E-state index contributed by atoms with van der Waals surface area (Å²) in [4.78, 5) is 12.6. The number of nitrogens with two attached hydrogens (primary N) is 1. The molecule has 0 radical (unpaired) electrons. The van der Waals surface area contributed by atoms with Gasteiger partial charge in [0.2, 0.25) is 0 Å². The Labute approximate surface area is 144 Å². The lowest BCUT2D eigenvalue weighted by atomic mass is 9.84. The van der Waals surface area contributed by atoms with Crippen LogP contribution in [0.4, 0.5) is 0 Å². The predicted octanol–water partition coefficient (Wildman–Crippen LogP) is 2.15. The summed E-state index contributed by atoms with van der Waals surface area (Å²) in [7, 11) is -3.44. The molecular formula is C16H25ClN2O3S. The van der Waals surface area contributed by atoms with Gasteiger partial charge in [0, 0.05) is 18.8 Å². The van der Waals surface area contributed by atoms with Crippen molar-refractivity contribution in [2.24, 2.45) is 11.7 Å². The molecule has 0 spiro atoms. The van der Waals surface area contributed by atoms with Crippen molar-refractivity contribution in [2.75, 3.05) is 12.8 Å². The number of halogens is 1. The lowest BCUT2D eigenvalue weighted by Gasteiger charge is -2.30. The fourth-order valence-electron chi connectivity index (χ4n) is 3.13. The molecule has 5 nitrogen and oxygen atoms in total. The first kappa shape index (κ1) is 19.9. The maximum Gasteiger partial charge on any atom is 0.252 e. The number of sulfone groups is 1. The maximum atomic E-state index is 12.5. The molecule has 1 aliphatic carbocycles. The van der Waals surface area contributed by atoms with E-state index in [4.69, 9.17) is 5.73 Å². The van der Waals surface area contributed by atoms with Gasteiger partial charge in [0.05, 0.1) is 10.5 Å². The Morgan fingerprint density at radius 2 is 1.87 bits per heavy atom. The number of carbonyl (C=O) groups is 1. The molecule has 0 bridgehead atoms. The van der Waals surface area contributed by atoms with Crippen LogP contribution in [-0.4, -0.2) is 33.2 Å². The maximum absolute atomic E-state index is 12.5. The van der Waals surface area contributed by atoms with Gasteiger partial charge >= 0.3 is 0 Å². The van der Waals surface area contributed by atoms with Crippen LogP contribution in [-0.2, 0) is 9.84 Å². The molecule has 1 aliphatic rings. The van der Waals surface area contributed by atoms with Crippen molar-refractivity contribution in [1.29, 1.82) is 0 Å². The van der Waals surface area contributed by atoms with E-state index < -0.39 is 9.84 Å². The van der Waals surface area contributed by atoms with Crippen LogP contribution >= 0.6 is 12.4 Å². The summed E-state index contributed by atoms with van der Waals surface area (Å²) in [5.74, 6) is 0.0233. The number of rotatable bonds is 5. The van der Waals surface area contributed by atoms with E-state index in [9.17, 15) is 13.2 Å². The van der Waals surface area contributed by atoms with Crippen LogP contribution in [0.15, 0.2) is 29.2 Å². The molecular weight excluding hydrogens is 336 g/mol. The van der Waals surface area contributed by atoms with Crippen LogP contribution in [0.3, 0.4) is 0 Å². The number of nitrogens with one attached hydrogen (secondary N) is 1. The first-order valence-electron chi connectivity index (χ1n) is 7.73. The molecule has 3 N–H and O–H groups in total. The van der Waals surface area contributed by atoms with Gasteiger partial charge in [0.1, 0.15) is 0 Å². The number of amides is 1. The van der Waals surface area contributed by atoms with E-state index in [-0.39, 0.29) is 34.8 Å². The SMILES string of the molecule is CS(=O)(=O)c1ccccc1C(=O)NC(CN)C1CCCCC1.Cl. The van der Waals surface area contributed by atoms with E-state index in [1.807, 2.05) is 0 Å². The summed E-state index contributed by atoms with van der Waals surface area (Å²) in [5.41, 5.74) is 6.01. The van der Waals surface area contributed by atoms with Gasteiger partial charge in [-0.1, -0.05) is 31.4 Å². The number of benzene rings is 1. The zero-order valence-corrected chi connectivity index (χ0v) is 15.0. The first-order valence-corrected chi connectivity index (χ1v) is 9.62. The average molecular weight is 361 g/mol. The molecule has 2 rings (SSSR count). The van der Waals surface area contributed by atoms with Crippen molar-refractivity contribution in [3.05, 3.63) is 29.8 Å². The van der Waals surface area contributed by atoms with Gasteiger partial charge < -0.3 is 11.1 Å². The number of hydrogen-bond donors (Lipinski definition) is 2. The summed E-state index contributed by atoms with van der Waals surface area (Å²) >= 11 is 0. The van der Waals surface area contributed by atoms with Crippen LogP contribution in [0.1, 0.15) is 42.5 Å². The third-order valence-corrected chi connectivity index (χ3v) is 5.48. The summed E-state index contributed by atoms with van der Waals surface area (Å²) in [6, 6.07) is 6.19. The van der Waals surface area contributed by atoms with Crippen LogP contribution in [0, 0.1) is 5.92 Å². The van der Waals surface area contributed by atoms with Crippen molar-refractivity contribution in [2.45, 2.75) is 43.0 Å². The minimum atomic E-state index is -3.44. The lowest BCUT2D eigenvalue weighted by molar-refractivity contribution is 0.0912. The van der Waals surface area contributed by atoms with Gasteiger partial charge in [-0.25, -0.2) is 8.42 Å². The molecule has 130 valence electrons. The summed E-state index contributed by atoms with van der Waals surface area (Å²) in [6.45, 7) is 0.372. The van der Waals surface area contributed by atoms with E-state index in [0.717, 1.165) is 31.9 Å². The molecule has 1 fully saturated rings. The van der Waals surface area contributed by atoms with Gasteiger partial charge in [-0.05, 0) is 30.9 Å². The quantitative estimate of drug-likeness (QED) is 0.841. The molecule has 1 amide bonds. The highest BCUT2D eigenvalue weighted by Gasteiger charge is 2.26. The van der Waals surface area contributed by atoms with Crippen molar-refractivity contribution in [1.82, 2.24) is 5.32 Å². The van der Waals surface area contributed by atoms with Crippen LogP contribution < -0.4 is 11.1 Å². The van der Waals surface area contributed by atoms with Gasteiger partial charge in [-0.15, -0.1) is 12.4 Å². The summed E-state index contributed by atoms with van der Waals surface area (Å²) < 4.78 is 23.6. The standard InChI is InChI=1S/C16H24N2O3S.ClH/c1-22(20,21)15-10-6-5-9-13(15)16(19)18-14(11-17)12-7-3-2-4-8-12;/h5-6,9-10,12,14H,2-4,7-8,11,17H2,1H3,(H,18,19);1H. The molecule has 0 aromatic heterocycles. The highest BCUT2D eigenvalue weighted by Crippen LogP contribution is 2.26.